The van der Waals surface area contributed by atoms with E-state index in [9.17, 15) is 5.11 Å². The smallest absolute Gasteiger partial charge is 0.0577 e. The molecule has 2 atom stereocenters. The summed E-state index contributed by atoms with van der Waals surface area (Å²) in [5.41, 5.74) is 1.28. The van der Waals surface area contributed by atoms with Crippen LogP contribution in [0.1, 0.15) is 34.6 Å². The highest BCUT2D eigenvalue weighted by Crippen LogP contribution is 2.18. The Kier molecular flexibility index (Phi) is 4.43. The standard InChI is InChI=1S/C10H20O/c1-7(2)6-10(8(3)4)9(5)11/h6,8-11H,1-5H3/t9-,10+/m0/s1. The summed E-state index contributed by atoms with van der Waals surface area (Å²) < 4.78 is 0. The summed E-state index contributed by atoms with van der Waals surface area (Å²) in [5, 5.41) is 9.39. The molecule has 1 nitrogen and oxygen atoms in total. The van der Waals surface area contributed by atoms with E-state index < -0.39 is 0 Å². The molecule has 0 rings (SSSR count). The van der Waals surface area contributed by atoms with Crippen LogP contribution in [0.4, 0.5) is 0 Å². The van der Waals surface area contributed by atoms with Crippen LogP contribution in [-0.4, -0.2) is 11.2 Å². The van der Waals surface area contributed by atoms with E-state index in [0.29, 0.717) is 11.8 Å². The van der Waals surface area contributed by atoms with Crippen molar-refractivity contribution in [1.29, 1.82) is 0 Å². The van der Waals surface area contributed by atoms with Gasteiger partial charge in [-0.25, -0.2) is 0 Å². The highest BCUT2D eigenvalue weighted by atomic mass is 16.3. The van der Waals surface area contributed by atoms with Crippen molar-refractivity contribution < 1.29 is 5.11 Å². The van der Waals surface area contributed by atoms with E-state index in [1.165, 1.54) is 5.57 Å². The Hall–Kier alpha value is -0.300. The van der Waals surface area contributed by atoms with E-state index in [-0.39, 0.29) is 6.10 Å². The van der Waals surface area contributed by atoms with Gasteiger partial charge in [0.15, 0.2) is 0 Å². The van der Waals surface area contributed by atoms with Gasteiger partial charge in [0.05, 0.1) is 6.10 Å². The highest BCUT2D eigenvalue weighted by molar-refractivity contribution is 4.99. The Morgan fingerprint density at radius 3 is 1.73 bits per heavy atom. The van der Waals surface area contributed by atoms with Crippen LogP contribution in [-0.2, 0) is 0 Å². The molecule has 0 saturated carbocycles. The second kappa shape index (κ2) is 4.55. The summed E-state index contributed by atoms with van der Waals surface area (Å²) in [6.45, 7) is 10.3. The third-order valence-electron chi connectivity index (χ3n) is 1.85. The van der Waals surface area contributed by atoms with Gasteiger partial charge in [-0.2, -0.15) is 0 Å². The van der Waals surface area contributed by atoms with Crippen molar-refractivity contribution in [2.24, 2.45) is 11.8 Å². The molecule has 66 valence electrons. The average molecular weight is 156 g/mol. The zero-order valence-electron chi connectivity index (χ0n) is 8.26. The molecule has 1 N–H and O–H groups in total. The lowest BCUT2D eigenvalue weighted by Gasteiger charge is -2.20. The molecule has 1 heteroatoms. The lowest BCUT2D eigenvalue weighted by Crippen LogP contribution is -2.20. The van der Waals surface area contributed by atoms with Gasteiger partial charge in [-0.15, -0.1) is 0 Å². The fourth-order valence-corrected chi connectivity index (χ4v) is 1.27. The van der Waals surface area contributed by atoms with Gasteiger partial charge in [-0.3, -0.25) is 0 Å². The molecule has 0 aromatic rings. The molecule has 0 aliphatic rings. The molecule has 0 aliphatic heterocycles. The van der Waals surface area contributed by atoms with Gasteiger partial charge < -0.3 is 5.11 Å². The fourth-order valence-electron chi connectivity index (χ4n) is 1.27. The number of hydrogen-bond donors (Lipinski definition) is 1. The molecular weight excluding hydrogens is 136 g/mol. The van der Waals surface area contributed by atoms with Gasteiger partial charge in [0.25, 0.3) is 0 Å². The summed E-state index contributed by atoms with van der Waals surface area (Å²) in [6, 6.07) is 0. The van der Waals surface area contributed by atoms with Crippen LogP contribution in [0.3, 0.4) is 0 Å². The van der Waals surface area contributed by atoms with Gasteiger partial charge in [0, 0.05) is 5.92 Å². The molecular formula is C10H20O. The highest BCUT2D eigenvalue weighted by Gasteiger charge is 2.15. The number of hydrogen-bond acceptors (Lipinski definition) is 1. The molecule has 0 heterocycles. The van der Waals surface area contributed by atoms with Gasteiger partial charge >= 0.3 is 0 Å². The van der Waals surface area contributed by atoms with Crippen LogP contribution in [0.25, 0.3) is 0 Å². The van der Waals surface area contributed by atoms with E-state index in [0.717, 1.165) is 0 Å². The van der Waals surface area contributed by atoms with Crippen molar-refractivity contribution in [3.63, 3.8) is 0 Å². The third kappa shape index (κ3) is 4.20. The normalized spacial score (nSPS) is 16.3. The summed E-state index contributed by atoms with van der Waals surface area (Å²) in [4.78, 5) is 0. The van der Waals surface area contributed by atoms with Gasteiger partial charge in [0.1, 0.15) is 0 Å². The van der Waals surface area contributed by atoms with Crippen molar-refractivity contribution in [2.45, 2.75) is 40.7 Å². The summed E-state index contributed by atoms with van der Waals surface area (Å²) in [5.74, 6) is 0.824. The van der Waals surface area contributed by atoms with Gasteiger partial charge in [0.2, 0.25) is 0 Å². The molecule has 11 heavy (non-hydrogen) atoms. The van der Waals surface area contributed by atoms with E-state index >= 15 is 0 Å². The van der Waals surface area contributed by atoms with Crippen molar-refractivity contribution in [1.82, 2.24) is 0 Å². The van der Waals surface area contributed by atoms with Crippen LogP contribution in [0.2, 0.25) is 0 Å². The second-order valence-electron chi connectivity index (χ2n) is 3.81. The van der Waals surface area contributed by atoms with Crippen LogP contribution < -0.4 is 0 Å². The SMILES string of the molecule is CC(C)=C[C@H](C(C)C)[C@H](C)O. The Morgan fingerprint density at radius 1 is 1.18 bits per heavy atom. The van der Waals surface area contributed by atoms with Crippen LogP contribution >= 0.6 is 0 Å². The molecule has 0 bridgehead atoms. The van der Waals surface area contributed by atoms with E-state index in [4.69, 9.17) is 0 Å². The largest absolute Gasteiger partial charge is 0.393 e. The Morgan fingerprint density at radius 2 is 1.64 bits per heavy atom. The zero-order chi connectivity index (χ0) is 9.02. The van der Waals surface area contributed by atoms with Gasteiger partial charge in [-0.05, 0) is 26.7 Å². The average Bonchev–Trinajstić information content (AvgIpc) is 1.81. The zero-order valence-corrected chi connectivity index (χ0v) is 8.26. The first-order valence-electron chi connectivity index (χ1n) is 4.28. The number of allylic oxidation sites excluding steroid dienone is 1. The van der Waals surface area contributed by atoms with E-state index in [1.54, 1.807) is 0 Å². The first-order valence-corrected chi connectivity index (χ1v) is 4.28. The monoisotopic (exact) mass is 156 g/mol. The Balaban J connectivity index is 4.24. The lowest BCUT2D eigenvalue weighted by atomic mass is 9.89. The fraction of sp³-hybridized carbons (Fsp3) is 0.800. The van der Waals surface area contributed by atoms with E-state index in [1.807, 2.05) is 6.92 Å². The Bertz CT molecular complexity index is 122. The van der Waals surface area contributed by atoms with Crippen LogP contribution in [0, 0.1) is 11.8 Å². The van der Waals surface area contributed by atoms with Gasteiger partial charge in [-0.1, -0.05) is 25.5 Å². The summed E-state index contributed by atoms with van der Waals surface area (Å²) in [6.07, 6.45) is 1.92. The molecule has 0 amide bonds. The minimum Gasteiger partial charge on any atom is -0.393 e. The Labute approximate surface area is 70.1 Å². The number of aliphatic hydroxyl groups excluding tert-OH is 1. The molecule has 0 radical (unpaired) electrons. The number of rotatable bonds is 3. The number of aliphatic hydroxyl groups is 1. The third-order valence-corrected chi connectivity index (χ3v) is 1.85. The molecule has 0 aliphatic carbocycles. The topological polar surface area (TPSA) is 20.2 Å². The molecule has 0 fully saturated rings. The van der Waals surface area contributed by atoms with E-state index in [2.05, 4.69) is 33.8 Å². The van der Waals surface area contributed by atoms with Crippen molar-refractivity contribution in [3.8, 4) is 0 Å². The molecule has 0 aromatic carbocycles. The van der Waals surface area contributed by atoms with Crippen LogP contribution in [0.15, 0.2) is 11.6 Å². The summed E-state index contributed by atoms with van der Waals surface area (Å²) >= 11 is 0. The van der Waals surface area contributed by atoms with Crippen molar-refractivity contribution in [3.05, 3.63) is 11.6 Å². The minimum atomic E-state index is -0.232. The maximum atomic E-state index is 9.39. The lowest BCUT2D eigenvalue weighted by molar-refractivity contribution is 0.124. The predicted molar refractivity (Wildman–Crippen MR) is 49.4 cm³/mol. The molecule has 0 spiro atoms. The molecule has 0 saturated heterocycles. The predicted octanol–water partition coefficient (Wildman–Crippen LogP) is 2.61. The summed E-state index contributed by atoms with van der Waals surface area (Å²) in [7, 11) is 0. The maximum Gasteiger partial charge on any atom is 0.0577 e. The minimum absolute atomic E-state index is 0.232. The maximum absolute atomic E-state index is 9.39. The molecule has 0 aromatic heterocycles. The first-order chi connectivity index (χ1) is 4.95. The first kappa shape index (κ1) is 10.7. The quantitative estimate of drug-likeness (QED) is 0.623. The molecule has 0 unspecified atom stereocenters. The van der Waals surface area contributed by atoms with Crippen molar-refractivity contribution >= 4 is 0 Å². The van der Waals surface area contributed by atoms with Crippen molar-refractivity contribution in [2.75, 3.05) is 0 Å². The second-order valence-corrected chi connectivity index (χ2v) is 3.81. The van der Waals surface area contributed by atoms with Crippen LogP contribution in [0.5, 0.6) is 0 Å².